The molecule has 2 amide bonds. The normalized spacial score (nSPS) is 19.3. The van der Waals surface area contributed by atoms with Gasteiger partial charge in [-0.05, 0) is 101 Å². The van der Waals surface area contributed by atoms with Gasteiger partial charge in [-0.25, -0.2) is 9.18 Å². The molecule has 0 aromatic heterocycles. The molecule has 3 aromatic carbocycles. The molecule has 282 valence electrons. The molecular formula is C39H43BrFN3O9. The highest BCUT2D eigenvalue weighted by molar-refractivity contribution is 9.10. The van der Waals surface area contributed by atoms with E-state index in [9.17, 15) is 34.1 Å². The van der Waals surface area contributed by atoms with E-state index < -0.39 is 30.1 Å². The number of halogens is 2. The van der Waals surface area contributed by atoms with Crippen molar-refractivity contribution in [1.82, 2.24) is 15.1 Å². The molecule has 0 radical (unpaired) electrons. The first-order chi connectivity index (χ1) is 25.5. The summed E-state index contributed by atoms with van der Waals surface area (Å²) in [5.41, 5.74) is 3.30. The molecule has 1 saturated heterocycles. The molecule has 14 heteroatoms. The predicted octanol–water partition coefficient (Wildman–Crippen LogP) is 3.81. The SMILES string of the molecule is COc1ccc(OCCN(C(=O)C2=C(c3ccc(CCCOc4cc(F)ccc4Br)cc3)C[C@@H]3CN(C(=O)[C@@H](O)[C@@H](O)C(=O)O)C[C@H]2N3)C2CC2)cc1. The van der Waals surface area contributed by atoms with Crippen molar-refractivity contribution < 1.29 is 48.3 Å². The zero-order valence-electron chi connectivity index (χ0n) is 29.3. The molecule has 53 heavy (non-hydrogen) atoms. The van der Waals surface area contributed by atoms with Gasteiger partial charge in [-0.3, -0.25) is 9.59 Å². The number of piperazine rings is 1. The average molecular weight is 797 g/mol. The lowest BCUT2D eigenvalue weighted by atomic mass is 9.82. The first-order valence-electron chi connectivity index (χ1n) is 17.6. The number of aliphatic hydroxyl groups is 2. The minimum Gasteiger partial charge on any atom is -0.497 e. The van der Waals surface area contributed by atoms with Crippen LogP contribution in [-0.4, -0.2) is 113 Å². The van der Waals surface area contributed by atoms with E-state index in [2.05, 4.69) is 21.2 Å². The van der Waals surface area contributed by atoms with Gasteiger partial charge in [0, 0.05) is 36.8 Å². The third kappa shape index (κ3) is 9.36. The van der Waals surface area contributed by atoms with Gasteiger partial charge in [-0.1, -0.05) is 24.3 Å². The number of carbonyl (C=O) groups is 3. The van der Waals surface area contributed by atoms with Crippen molar-refractivity contribution in [2.45, 2.75) is 62.4 Å². The number of benzene rings is 3. The number of nitrogens with zero attached hydrogens (tertiary/aromatic N) is 2. The summed E-state index contributed by atoms with van der Waals surface area (Å²) in [6.45, 7) is 1.16. The summed E-state index contributed by atoms with van der Waals surface area (Å²) >= 11 is 3.38. The highest BCUT2D eigenvalue weighted by Gasteiger charge is 2.45. The number of methoxy groups -OCH3 is 1. The third-order valence-corrected chi connectivity index (χ3v) is 10.4. The van der Waals surface area contributed by atoms with Crippen LogP contribution < -0.4 is 19.5 Å². The van der Waals surface area contributed by atoms with Gasteiger partial charge in [0.2, 0.25) is 0 Å². The number of carboxylic acids is 1. The first-order valence-corrected chi connectivity index (χ1v) is 18.4. The summed E-state index contributed by atoms with van der Waals surface area (Å²) in [5, 5.41) is 32.9. The lowest BCUT2D eigenvalue weighted by Crippen LogP contribution is -2.64. The van der Waals surface area contributed by atoms with Gasteiger partial charge >= 0.3 is 5.97 Å². The Balaban J connectivity index is 1.21. The summed E-state index contributed by atoms with van der Waals surface area (Å²) in [5.74, 6) is -1.36. The van der Waals surface area contributed by atoms with Gasteiger partial charge in [0.25, 0.3) is 11.8 Å². The van der Waals surface area contributed by atoms with Crippen LogP contribution >= 0.6 is 15.9 Å². The van der Waals surface area contributed by atoms with Gasteiger partial charge in [0.05, 0.1) is 30.8 Å². The Hall–Kier alpha value is -4.50. The van der Waals surface area contributed by atoms with E-state index in [-0.39, 0.29) is 43.5 Å². The van der Waals surface area contributed by atoms with Crippen LogP contribution in [0.4, 0.5) is 4.39 Å². The van der Waals surface area contributed by atoms with Crippen molar-refractivity contribution in [2.24, 2.45) is 0 Å². The quantitative estimate of drug-likeness (QED) is 0.157. The van der Waals surface area contributed by atoms with E-state index in [0.717, 1.165) is 36.0 Å². The number of aliphatic hydroxyl groups excluding tert-OH is 2. The lowest BCUT2D eigenvalue weighted by Gasteiger charge is -2.45. The van der Waals surface area contributed by atoms with Crippen molar-refractivity contribution in [3.63, 3.8) is 0 Å². The number of aliphatic carboxylic acids is 1. The van der Waals surface area contributed by atoms with Crippen molar-refractivity contribution in [3.05, 3.63) is 93.7 Å². The number of carbonyl (C=O) groups excluding carboxylic acids is 2. The average Bonchev–Trinajstić information content (AvgIpc) is 4.01. The molecule has 1 saturated carbocycles. The maximum Gasteiger partial charge on any atom is 0.335 e. The Morgan fingerprint density at radius 3 is 2.36 bits per heavy atom. The molecule has 4 atom stereocenters. The predicted molar refractivity (Wildman–Crippen MR) is 196 cm³/mol. The fourth-order valence-corrected chi connectivity index (χ4v) is 7.21. The number of hydrogen-bond donors (Lipinski definition) is 4. The molecule has 2 aliphatic heterocycles. The molecule has 0 spiro atoms. The van der Waals surface area contributed by atoms with E-state index in [0.29, 0.717) is 53.3 Å². The van der Waals surface area contributed by atoms with Crippen molar-refractivity contribution in [3.8, 4) is 17.2 Å². The number of ether oxygens (including phenoxy) is 3. The van der Waals surface area contributed by atoms with Gasteiger partial charge in [0.15, 0.2) is 12.2 Å². The highest BCUT2D eigenvalue weighted by atomic mass is 79.9. The number of rotatable bonds is 16. The minimum atomic E-state index is -2.27. The van der Waals surface area contributed by atoms with E-state index >= 15 is 0 Å². The first kappa shape index (κ1) is 38.2. The summed E-state index contributed by atoms with van der Waals surface area (Å²) < 4.78 is 31.3. The highest BCUT2D eigenvalue weighted by Crippen LogP contribution is 2.37. The van der Waals surface area contributed by atoms with Crippen LogP contribution in [0.1, 0.15) is 36.8 Å². The molecule has 2 heterocycles. The molecule has 0 unspecified atom stereocenters. The van der Waals surface area contributed by atoms with Crippen LogP contribution in [-0.2, 0) is 20.8 Å². The van der Waals surface area contributed by atoms with Crippen LogP contribution in [0.15, 0.2) is 76.8 Å². The summed E-state index contributed by atoms with van der Waals surface area (Å²) in [6, 6.07) is 18.7. The monoisotopic (exact) mass is 795 g/mol. The van der Waals surface area contributed by atoms with Crippen LogP contribution in [0.3, 0.4) is 0 Å². The van der Waals surface area contributed by atoms with Crippen molar-refractivity contribution in [2.75, 3.05) is 40.0 Å². The molecule has 12 nitrogen and oxygen atoms in total. The standard InChI is InChI=1S/C39H43BrFN3O9/c1-51-28-11-13-29(14-12-28)52-18-16-44(27-9-10-27)37(47)34-30(20-26-21-43(22-32(34)42-26)38(48)35(45)36(46)39(49)50)24-6-4-23(5-7-24)3-2-17-53-33-19-25(41)8-15-31(33)40/h4-8,11-15,19,26-27,32,35-36,42,45-46H,2-3,9-10,16-18,20-22H2,1H3,(H,49,50)/t26-,32-,35+,36-/m1/s1. The Morgan fingerprint density at radius 1 is 0.962 bits per heavy atom. The van der Waals surface area contributed by atoms with Crippen LogP contribution in [0.2, 0.25) is 0 Å². The van der Waals surface area contributed by atoms with Crippen molar-refractivity contribution >= 4 is 39.3 Å². The molecule has 2 bridgehead atoms. The Labute approximate surface area is 315 Å². The fraction of sp³-hybridized carbons (Fsp3) is 0.410. The summed E-state index contributed by atoms with van der Waals surface area (Å²) in [6.07, 6.45) is -0.879. The Bertz CT molecular complexity index is 1820. The van der Waals surface area contributed by atoms with Gasteiger partial charge in [0.1, 0.15) is 29.7 Å². The molecule has 3 aromatic rings. The second-order valence-corrected chi connectivity index (χ2v) is 14.3. The van der Waals surface area contributed by atoms with Gasteiger partial charge < -0.3 is 44.6 Å². The van der Waals surface area contributed by atoms with Crippen molar-refractivity contribution in [1.29, 1.82) is 0 Å². The van der Waals surface area contributed by atoms with Crippen LogP contribution in [0, 0.1) is 5.82 Å². The Morgan fingerprint density at radius 2 is 1.68 bits per heavy atom. The second kappa shape index (κ2) is 17.1. The molecule has 4 N–H and O–H groups in total. The minimum absolute atomic E-state index is 0.00364. The van der Waals surface area contributed by atoms with E-state index in [1.54, 1.807) is 37.4 Å². The third-order valence-electron chi connectivity index (χ3n) is 9.72. The number of carboxylic acid groups (broad SMARTS) is 1. The number of hydrogen-bond acceptors (Lipinski definition) is 9. The molecule has 3 aliphatic rings. The van der Waals surface area contributed by atoms with E-state index in [1.807, 2.05) is 29.2 Å². The van der Waals surface area contributed by atoms with Crippen LogP contribution in [0.5, 0.6) is 17.2 Å². The maximum absolute atomic E-state index is 14.6. The maximum atomic E-state index is 14.6. The molecule has 2 fully saturated rings. The molecule has 6 rings (SSSR count). The molecule has 1 aliphatic carbocycles. The molecular weight excluding hydrogens is 753 g/mol. The summed E-state index contributed by atoms with van der Waals surface area (Å²) in [7, 11) is 1.59. The second-order valence-electron chi connectivity index (χ2n) is 13.5. The van der Waals surface area contributed by atoms with Gasteiger partial charge in [-0.2, -0.15) is 0 Å². The Kier molecular flexibility index (Phi) is 12.3. The zero-order chi connectivity index (χ0) is 37.6. The van der Waals surface area contributed by atoms with Gasteiger partial charge in [-0.15, -0.1) is 0 Å². The fourth-order valence-electron chi connectivity index (χ4n) is 6.85. The largest absolute Gasteiger partial charge is 0.497 e. The van der Waals surface area contributed by atoms with Crippen LogP contribution in [0.25, 0.3) is 5.57 Å². The number of amides is 2. The van der Waals surface area contributed by atoms with E-state index in [4.69, 9.17) is 14.2 Å². The zero-order valence-corrected chi connectivity index (χ0v) is 30.8. The topological polar surface area (TPSA) is 158 Å². The summed E-state index contributed by atoms with van der Waals surface area (Å²) in [4.78, 5) is 42.3. The number of fused-ring (bicyclic) bond motifs is 2. The van der Waals surface area contributed by atoms with E-state index in [1.165, 1.54) is 17.0 Å². The number of nitrogens with one attached hydrogen (secondary N) is 1. The number of aryl methyl sites for hydroxylation is 1. The smallest absolute Gasteiger partial charge is 0.335 e. The lowest BCUT2D eigenvalue weighted by molar-refractivity contribution is -0.163.